The summed E-state index contributed by atoms with van der Waals surface area (Å²) in [6, 6.07) is 14.6. The van der Waals surface area contributed by atoms with Gasteiger partial charge in [0.25, 0.3) is 5.91 Å². The minimum atomic E-state index is -0.336. The number of amides is 2. The molecule has 2 amide bonds. The predicted octanol–water partition coefficient (Wildman–Crippen LogP) is 3.87. The number of nitrogens with two attached hydrogens (primary N) is 1. The lowest BCUT2D eigenvalue weighted by atomic mass is 10.1. The second kappa shape index (κ2) is 8.66. The predicted molar refractivity (Wildman–Crippen MR) is 123 cm³/mol. The van der Waals surface area contributed by atoms with Gasteiger partial charge in [-0.25, -0.2) is 0 Å². The van der Waals surface area contributed by atoms with Crippen LogP contribution in [-0.4, -0.2) is 28.5 Å². The number of carbonyl (C=O) groups is 2. The fourth-order valence-corrected chi connectivity index (χ4v) is 3.81. The highest BCUT2D eigenvalue weighted by Gasteiger charge is 2.22. The molecule has 150 valence electrons. The van der Waals surface area contributed by atoms with E-state index in [9.17, 15) is 9.59 Å². The Morgan fingerprint density at radius 3 is 2.90 bits per heavy atom. The quantitative estimate of drug-likeness (QED) is 0.534. The van der Waals surface area contributed by atoms with Crippen molar-refractivity contribution in [1.29, 1.82) is 0 Å². The summed E-state index contributed by atoms with van der Waals surface area (Å²) in [6.07, 6.45) is 3.53. The van der Waals surface area contributed by atoms with Crippen molar-refractivity contribution in [1.82, 2.24) is 4.98 Å². The van der Waals surface area contributed by atoms with Crippen LogP contribution in [0.2, 0.25) is 5.02 Å². The van der Waals surface area contributed by atoms with Crippen molar-refractivity contribution in [2.75, 3.05) is 17.2 Å². The van der Waals surface area contributed by atoms with E-state index in [2.05, 4.69) is 20.6 Å². The number of carbonyl (C=O) groups excluding carboxylic acids is 2. The van der Waals surface area contributed by atoms with Crippen LogP contribution < -0.4 is 16.4 Å². The van der Waals surface area contributed by atoms with Gasteiger partial charge in [-0.15, -0.1) is 0 Å². The van der Waals surface area contributed by atoms with Gasteiger partial charge < -0.3 is 16.4 Å². The Kier molecular flexibility index (Phi) is 5.80. The number of thioether (sulfide) groups is 1. The Morgan fingerprint density at radius 2 is 2.07 bits per heavy atom. The van der Waals surface area contributed by atoms with Gasteiger partial charge in [0.15, 0.2) is 5.17 Å². The van der Waals surface area contributed by atoms with Crippen LogP contribution in [-0.2, 0) is 9.59 Å². The maximum atomic E-state index is 12.3. The number of anilines is 2. The lowest BCUT2D eigenvalue weighted by Crippen LogP contribution is -2.21. The van der Waals surface area contributed by atoms with E-state index in [1.54, 1.807) is 30.5 Å². The molecule has 0 fully saturated rings. The second-order valence-corrected chi connectivity index (χ2v) is 7.80. The molecule has 0 saturated carbocycles. The zero-order valence-corrected chi connectivity index (χ0v) is 17.1. The van der Waals surface area contributed by atoms with Gasteiger partial charge in [-0.1, -0.05) is 23.7 Å². The highest BCUT2D eigenvalue weighted by atomic mass is 35.5. The molecule has 0 unspecified atom stereocenters. The lowest BCUT2D eigenvalue weighted by molar-refractivity contribution is -0.115. The van der Waals surface area contributed by atoms with E-state index in [4.69, 9.17) is 17.3 Å². The summed E-state index contributed by atoms with van der Waals surface area (Å²) in [7, 11) is 0. The van der Waals surface area contributed by atoms with E-state index in [0.29, 0.717) is 26.5 Å². The Hall–Kier alpha value is -3.20. The average molecular weight is 438 g/mol. The van der Waals surface area contributed by atoms with E-state index >= 15 is 0 Å². The molecule has 1 aliphatic rings. The van der Waals surface area contributed by atoms with Gasteiger partial charge in [-0.05, 0) is 59.8 Å². The van der Waals surface area contributed by atoms with Crippen molar-refractivity contribution < 1.29 is 9.59 Å². The number of amidine groups is 1. The van der Waals surface area contributed by atoms with Crippen molar-refractivity contribution in [3.8, 4) is 0 Å². The Balaban J connectivity index is 1.51. The first-order chi connectivity index (χ1) is 14.5. The summed E-state index contributed by atoms with van der Waals surface area (Å²) in [5.41, 5.74) is 8.14. The molecule has 0 saturated heterocycles. The number of hydrogen-bond donors (Lipinski definition) is 3. The van der Waals surface area contributed by atoms with Gasteiger partial charge in [0.05, 0.1) is 27.7 Å². The normalized spacial score (nSPS) is 14.8. The summed E-state index contributed by atoms with van der Waals surface area (Å²) < 4.78 is 0. The fourth-order valence-electron chi connectivity index (χ4n) is 2.82. The molecule has 30 heavy (non-hydrogen) atoms. The van der Waals surface area contributed by atoms with Gasteiger partial charge in [-0.3, -0.25) is 14.6 Å². The molecule has 4 rings (SSSR count). The molecule has 4 N–H and O–H groups in total. The Bertz CT molecular complexity index is 1220. The first-order valence-corrected chi connectivity index (χ1v) is 10.1. The Labute approximate surface area is 181 Å². The molecule has 7 nitrogen and oxygen atoms in total. The Morgan fingerprint density at radius 1 is 1.20 bits per heavy atom. The summed E-state index contributed by atoms with van der Waals surface area (Å²) in [5, 5.41) is 7.52. The average Bonchev–Trinajstić information content (AvgIpc) is 3.09. The second-order valence-electron chi connectivity index (χ2n) is 6.36. The topological polar surface area (TPSA) is 109 Å². The first kappa shape index (κ1) is 20.1. The molecule has 3 aromatic rings. The number of pyridine rings is 1. The minimum Gasteiger partial charge on any atom is -0.333 e. The third-order valence-corrected chi connectivity index (χ3v) is 5.45. The van der Waals surface area contributed by atoms with Crippen LogP contribution in [0.4, 0.5) is 11.4 Å². The summed E-state index contributed by atoms with van der Waals surface area (Å²) in [4.78, 5) is 32.7. The fraction of sp³-hybridized carbons (Fsp3) is 0.0476. The van der Waals surface area contributed by atoms with Crippen molar-refractivity contribution in [3.05, 3.63) is 70.2 Å². The molecule has 2 heterocycles. The number of aliphatic imine (C=N–C) groups is 1. The number of rotatable bonds is 4. The molecule has 0 atom stereocenters. The number of fused-ring (bicyclic) bond motifs is 1. The van der Waals surface area contributed by atoms with E-state index in [0.717, 1.165) is 16.5 Å². The lowest BCUT2D eigenvalue weighted by Gasteiger charge is -2.10. The number of nitrogens with one attached hydrogen (secondary N) is 2. The van der Waals surface area contributed by atoms with Crippen LogP contribution in [0.3, 0.4) is 0 Å². The van der Waals surface area contributed by atoms with Crippen LogP contribution in [0, 0.1) is 0 Å². The number of hydrogen-bond acceptors (Lipinski definition) is 6. The van der Waals surface area contributed by atoms with E-state index < -0.39 is 0 Å². The van der Waals surface area contributed by atoms with Gasteiger partial charge in [0.1, 0.15) is 0 Å². The van der Waals surface area contributed by atoms with E-state index in [1.165, 1.54) is 11.8 Å². The molecule has 0 aliphatic carbocycles. The largest absolute Gasteiger partial charge is 0.333 e. The van der Waals surface area contributed by atoms with Crippen molar-refractivity contribution in [2.45, 2.75) is 0 Å². The molecule has 0 bridgehead atoms. The van der Waals surface area contributed by atoms with Crippen LogP contribution >= 0.6 is 23.4 Å². The maximum Gasteiger partial charge on any atom is 0.286 e. The number of nitrogens with zero attached hydrogens (tertiary/aromatic N) is 2. The van der Waals surface area contributed by atoms with Gasteiger partial charge >= 0.3 is 0 Å². The van der Waals surface area contributed by atoms with Crippen molar-refractivity contribution in [2.24, 2.45) is 10.7 Å². The van der Waals surface area contributed by atoms with E-state index in [-0.39, 0.29) is 18.4 Å². The summed E-state index contributed by atoms with van der Waals surface area (Å²) in [5.74, 6) is -0.653. The van der Waals surface area contributed by atoms with Crippen LogP contribution in [0.25, 0.3) is 17.0 Å². The zero-order valence-electron chi connectivity index (χ0n) is 15.6. The SMILES string of the molecule is NCC(=O)Nc1ccc(Cl)c(NC2=NC(=O)/C(=C/c3ccc4ncccc4c3)S2)c1. The smallest absolute Gasteiger partial charge is 0.286 e. The molecule has 9 heteroatoms. The molecule has 0 spiro atoms. The van der Waals surface area contributed by atoms with Crippen LogP contribution in [0.5, 0.6) is 0 Å². The first-order valence-electron chi connectivity index (χ1n) is 8.96. The monoisotopic (exact) mass is 437 g/mol. The van der Waals surface area contributed by atoms with Gasteiger partial charge in [0, 0.05) is 17.3 Å². The van der Waals surface area contributed by atoms with E-state index in [1.807, 2.05) is 30.3 Å². The molecule has 1 aromatic heterocycles. The van der Waals surface area contributed by atoms with Gasteiger partial charge in [-0.2, -0.15) is 4.99 Å². The number of benzene rings is 2. The van der Waals surface area contributed by atoms with Crippen molar-refractivity contribution >= 4 is 68.7 Å². The summed E-state index contributed by atoms with van der Waals surface area (Å²) in [6.45, 7) is -0.124. The molecular weight excluding hydrogens is 422 g/mol. The third kappa shape index (κ3) is 4.51. The molecule has 0 radical (unpaired) electrons. The van der Waals surface area contributed by atoms with Crippen LogP contribution in [0.15, 0.2) is 64.6 Å². The van der Waals surface area contributed by atoms with Crippen molar-refractivity contribution in [3.63, 3.8) is 0 Å². The number of aromatic nitrogens is 1. The molecule has 1 aliphatic heterocycles. The highest BCUT2D eigenvalue weighted by molar-refractivity contribution is 8.18. The summed E-state index contributed by atoms with van der Waals surface area (Å²) >= 11 is 7.45. The highest BCUT2D eigenvalue weighted by Crippen LogP contribution is 2.32. The maximum absolute atomic E-state index is 12.3. The van der Waals surface area contributed by atoms with Crippen LogP contribution in [0.1, 0.15) is 5.56 Å². The standard InChI is InChI=1S/C21H16ClN5O2S/c22-15-5-4-14(25-19(28)11-23)10-17(15)26-21-27-20(29)18(30-21)9-12-3-6-16-13(8-12)2-1-7-24-16/h1-10H,11,23H2,(H,25,28)(H,26,27,29)/b18-9-. The minimum absolute atomic E-state index is 0.124. The molecule has 2 aromatic carbocycles. The van der Waals surface area contributed by atoms with Gasteiger partial charge in [0.2, 0.25) is 5.91 Å². The molecular formula is C21H16ClN5O2S. The number of halogens is 1. The zero-order chi connectivity index (χ0) is 21.1. The third-order valence-electron chi connectivity index (χ3n) is 4.22.